The van der Waals surface area contributed by atoms with Gasteiger partial charge in [0.15, 0.2) is 0 Å². The molecule has 1 saturated heterocycles. The lowest BCUT2D eigenvalue weighted by molar-refractivity contribution is 0.149. The largest absolute Gasteiger partial charge is 0.331 e. The number of amides is 1. The first-order valence-electron chi connectivity index (χ1n) is 6.01. The van der Waals surface area contributed by atoms with Gasteiger partial charge in [-0.3, -0.25) is 4.79 Å². The number of carbonyl (C=O) groups is 1. The first-order valence-corrected chi connectivity index (χ1v) is 6.89. The van der Waals surface area contributed by atoms with Gasteiger partial charge in [-0.05, 0) is 25.7 Å². The summed E-state index contributed by atoms with van der Waals surface area (Å²) in [6.45, 7) is 9.52. The summed E-state index contributed by atoms with van der Waals surface area (Å²) in [5.41, 5.74) is 0. The van der Waals surface area contributed by atoms with Crippen molar-refractivity contribution in [1.29, 1.82) is 0 Å². The third kappa shape index (κ3) is 3.71. The van der Waals surface area contributed by atoms with Crippen molar-refractivity contribution in [2.24, 2.45) is 5.92 Å². The van der Waals surface area contributed by atoms with E-state index in [0.29, 0.717) is 11.3 Å². The minimum absolute atomic E-state index is 0.274. The fourth-order valence-electron chi connectivity index (χ4n) is 2.04. The van der Waals surface area contributed by atoms with E-state index in [1.165, 1.54) is 31.0 Å². The molecule has 0 aromatic heterocycles. The minimum atomic E-state index is 0.274. The van der Waals surface area contributed by atoms with Gasteiger partial charge in [0.2, 0.25) is 0 Å². The predicted octanol–water partition coefficient (Wildman–Crippen LogP) is 3.76. The second-order valence-corrected chi connectivity index (χ2v) is 6.31. The van der Waals surface area contributed by atoms with Crippen LogP contribution in [0.15, 0.2) is 0 Å². The zero-order valence-electron chi connectivity index (χ0n) is 10.3. The standard InChI is InChI=1S/C12H23NOS/c1-5-11-7-6-10(4)13(8-11)12(14)15-9(2)3/h9-11H,5-8H2,1-4H3. The first-order chi connectivity index (χ1) is 7.04. The highest BCUT2D eigenvalue weighted by atomic mass is 32.2. The van der Waals surface area contributed by atoms with Gasteiger partial charge in [-0.15, -0.1) is 0 Å². The van der Waals surface area contributed by atoms with Gasteiger partial charge in [0.1, 0.15) is 0 Å². The van der Waals surface area contributed by atoms with Gasteiger partial charge in [0, 0.05) is 17.8 Å². The molecule has 2 atom stereocenters. The highest BCUT2D eigenvalue weighted by molar-refractivity contribution is 8.14. The second-order valence-electron chi connectivity index (χ2n) is 4.79. The van der Waals surface area contributed by atoms with Gasteiger partial charge < -0.3 is 4.90 Å². The van der Waals surface area contributed by atoms with Gasteiger partial charge in [-0.1, -0.05) is 39.0 Å². The summed E-state index contributed by atoms with van der Waals surface area (Å²) in [6, 6.07) is 0.437. The molecular formula is C12H23NOS. The van der Waals surface area contributed by atoms with Crippen molar-refractivity contribution >= 4 is 17.0 Å². The summed E-state index contributed by atoms with van der Waals surface area (Å²) in [5, 5.41) is 0.669. The number of thioether (sulfide) groups is 1. The lowest BCUT2D eigenvalue weighted by Crippen LogP contribution is -2.44. The third-order valence-corrected chi connectivity index (χ3v) is 4.04. The summed E-state index contributed by atoms with van der Waals surface area (Å²) < 4.78 is 0. The summed E-state index contributed by atoms with van der Waals surface area (Å²) in [5.74, 6) is 0.720. The summed E-state index contributed by atoms with van der Waals surface area (Å²) in [6.07, 6.45) is 3.65. The molecule has 0 spiro atoms. The maximum atomic E-state index is 12.0. The molecular weight excluding hydrogens is 206 g/mol. The molecule has 2 nitrogen and oxygen atoms in total. The Hall–Kier alpha value is -0.180. The average molecular weight is 229 g/mol. The van der Waals surface area contributed by atoms with E-state index in [0.717, 1.165) is 12.5 Å². The zero-order valence-corrected chi connectivity index (χ0v) is 11.1. The number of piperidine rings is 1. The molecule has 0 aromatic carbocycles. The quantitative estimate of drug-likeness (QED) is 0.718. The molecule has 0 aromatic rings. The molecule has 1 fully saturated rings. The number of hydrogen-bond acceptors (Lipinski definition) is 2. The predicted molar refractivity (Wildman–Crippen MR) is 67.3 cm³/mol. The number of nitrogens with zero attached hydrogens (tertiary/aromatic N) is 1. The molecule has 1 rings (SSSR count). The van der Waals surface area contributed by atoms with Crippen LogP contribution >= 0.6 is 11.8 Å². The molecule has 2 unspecified atom stereocenters. The van der Waals surface area contributed by atoms with Crippen LogP contribution in [0, 0.1) is 5.92 Å². The van der Waals surface area contributed by atoms with E-state index in [4.69, 9.17) is 0 Å². The Morgan fingerprint density at radius 1 is 1.47 bits per heavy atom. The fraction of sp³-hybridized carbons (Fsp3) is 0.917. The lowest BCUT2D eigenvalue weighted by atomic mass is 9.92. The Morgan fingerprint density at radius 2 is 2.13 bits per heavy atom. The van der Waals surface area contributed by atoms with Crippen molar-refractivity contribution in [3.63, 3.8) is 0 Å². The third-order valence-electron chi connectivity index (χ3n) is 3.13. The van der Waals surface area contributed by atoms with Crippen molar-refractivity contribution < 1.29 is 4.79 Å². The van der Waals surface area contributed by atoms with Crippen LogP contribution in [0.4, 0.5) is 4.79 Å². The van der Waals surface area contributed by atoms with Crippen LogP contribution in [0.1, 0.15) is 47.0 Å². The van der Waals surface area contributed by atoms with E-state index in [9.17, 15) is 4.79 Å². The van der Waals surface area contributed by atoms with Gasteiger partial charge in [0.05, 0.1) is 0 Å². The van der Waals surface area contributed by atoms with Crippen LogP contribution in [-0.2, 0) is 0 Å². The Kier molecular flexibility index (Phi) is 4.97. The average Bonchev–Trinajstić information content (AvgIpc) is 2.17. The molecule has 88 valence electrons. The molecule has 15 heavy (non-hydrogen) atoms. The van der Waals surface area contributed by atoms with E-state index >= 15 is 0 Å². The highest BCUT2D eigenvalue weighted by Crippen LogP contribution is 2.27. The van der Waals surface area contributed by atoms with Crippen molar-refractivity contribution in [3.8, 4) is 0 Å². The summed E-state index contributed by atoms with van der Waals surface area (Å²) in [7, 11) is 0. The number of likely N-dealkylation sites (tertiary alicyclic amines) is 1. The topological polar surface area (TPSA) is 20.3 Å². The van der Waals surface area contributed by atoms with Gasteiger partial charge in [0.25, 0.3) is 5.24 Å². The van der Waals surface area contributed by atoms with Crippen molar-refractivity contribution in [2.45, 2.75) is 58.2 Å². The monoisotopic (exact) mass is 229 g/mol. The molecule has 3 heteroatoms. The Labute approximate surface area is 97.8 Å². The minimum Gasteiger partial charge on any atom is -0.331 e. The van der Waals surface area contributed by atoms with E-state index in [2.05, 4.69) is 32.6 Å². The van der Waals surface area contributed by atoms with Crippen LogP contribution in [0.3, 0.4) is 0 Å². The van der Waals surface area contributed by atoms with Crippen LogP contribution < -0.4 is 0 Å². The number of hydrogen-bond donors (Lipinski definition) is 0. The molecule has 0 saturated carbocycles. The Balaban J connectivity index is 2.53. The molecule has 0 bridgehead atoms. The highest BCUT2D eigenvalue weighted by Gasteiger charge is 2.28. The molecule has 1 heterocycles. The number of rotatable bonds is 2. The van der Waals surface area contributed by atoms with Crippen LogP contribution in [-0.4, -0.2) is 28.0 Å². The van der Waals surface area contributed by atoms with Crippen molar-refractivity contribution in [3.05, 3.63) is 0 Å². The van der Waals surface area contributed by atoms with E-state index in [1.807, 2.05) is 0 Å². The normalized spacial score (nSPS) is 27.1. The Morgan fingerprint density at radius 3 is 2.67 bits per heavy atom. The van der Waals surface area contributed by atoms with Crippen molar-refractivity contribution in [1.82, 2.24) is 4.90 Å². The van der Waals surface area contributed by atoms with Crippen molar-refractivity contribution in [2.75, 3.05) is 6.54 Å². The summed E-state index contributed by atoms with van der Waals surface area (Å²) in [4.78, 5) is 14.0. The molecule has 0 aliphatic carbocycles. The maximum Gasteiger partial charge on any atom is 0.282 e. The zero-order chi connectivity index (χ0) is 11.4. The molecule has 1 aliphatic rings. The molecule has 0 N–H and O–H groups in total. The lowest BCUT2D eigenvalue weighted by Gasteiger charge is -2.37. The van der Waals surface area contributed by atoms with Crippen LogP contribution in [0.25, 0.3) is 0 Å². The molecule has 1 amide bonds. The van der Waals surface area contributed by atoms with E-state index in [-0.39, 0.29) is 5.24 Å². The smallest absolute Gasteiger partial charge is 0.282 e. The summed E-state index contributed by atoms with van der Waals surface area (Å²) >= 11 is 1.46. The first kappa shape index (κ1) is 12.9. The van der Waals surface area contributed by atoms with Gasteiger partial charge in [-0.2, -0.15) is 0 Å². The molecule has 1 aliphatic heterocycles. The fourth-order valence-corrected chi connectivity index (χ4v) is 2.83. The second kappa shape index (κ2) is 5.78. The van der Waals surface area contributed by atoms with E-state index < -0.39 is 0 Å². The Bertz CT molecular complexity index is 218. The van der Waals surface area contributed by atoms with Crippen LogP contribution in [0.2, 0.25) is 0 Å². The number of carbonyl (C=O) groups excluding carboxylic acids is 1. The van der Waals surface area contributed by atoms with E-state index in [1.54, 1.807) is 0 Å². The van der Waals surface area contributed by atoms with Gasteiger partial charge in [-0.25, -0.2) is 0 Å². The maximum absolute atomic E-state index is 12.0. The van der Waals surface area contributed by atoms with Gasteiger partial charge >= 0.3 is 0 Å². The SMILES string of the molecule is CCC1CCC(C)N(C(=O)SC(C)C)C1. The van der Waals surface area contributed by atoms with Crippen LogP contribution in [0.5, 0.6) is 0 Å². The molecule has 0 radical (unpaired) electrons.